The van der Waals surface area contributed by atoms with Gasteiger partial charge in [-0.15, -0.1) is 0 Å². The van der Waals surface area contributed by atoms with E-state index in [9.17, 15) is 4.79 Å². The fourth-order valence-electron chi connectivity index (χ4n) is 2.07. The van der Waals surface area contributed by atoms with Crippen molar-refractivity contribution >= 4 is 5.91 Å². The van der Waals surface area contributed by atoms with Gasteiger partial charge >= 0.3 is 0 Å². The number of fused-ring (bicyclic) bond motifs is 3. The molecule has 1 fully saturated rings. The Bertz CT molecular complexity index is 354. The zero-order valence-corrected chi connectivity index (χ0v) is 7.01. The average Bonchev–Trinajstić information content (AvgIpc) is 2.72. The first-order valence-electron chi connectivity index (χ1n) is 4.39. The van der Waals surface area contributed by atoms with Crippen molar-refractivity contribution in [2.45, 2.75) is 12.6 Å². The second-order valence-electron chi connectivity index (χ2n) is 3.40. The van der Waals surface area contributed by atoms with Gasteiger partial charge in [-0.25, -0.2) is 0 Å². The Hall–Kier alpha value is -1.51. The number of ether oxygens (including phenoxy) is 1. The minimum Gasteiger partial charge on any atom is -0.472 e. The third-order valence-corrected chi connectivity index (χ3v) is 2.72. The summed E-state index contributed by atoms with van der Waals surface area (Å²) in [4.78, 5) is 13.4. The van der Waals surface area contributed by atoms with E-state index in [1.165, 1.54) is 0 Å². The van der Waals surface area contributed by atoms with Gasteiger partial charge in [0.15, 0.2) is 0 Å². The smallest absolute Gasteiger partial charge is 0.237 e. The van der Waals surface area contributed by atoms with E-state index in [1.807, 2.05) is 18.2 Å². The Labute approximate surface area is 76.0 Å². The van der Waals surface area contributed by atoms with Crippen molar-refractivity contribution in [3.8, 4) is 0 Å². The van der Waals surface area contributed by atoms with Crippen LogP contribution in [0.5, 0.6) is 0 Å². The van der Waals surface area contributed by atoms with E-state index in [0.717, 1.165) is 12.0 Å². The molecule has 1 amide bonds. The van der Waals surface area contributed by atoms with Crippen LogP contribution in [0, 0.1) is 5.92 Å². The van der Waals surface area contributed by atoms with Gasteiger partial charge in [-0.05, 0) is 6.42 Å². The number of amides is 1. The number of allylic oxidation sites excluding steroid dienone is 3. The summed E-state index contributed by atoms with van der Waals surface area (Å²) in [6.07, 6.45) is 9.97. The largest absolute Gasteiger partial charge is 0.472 e. The van der Waals surface area contributed by atoms with E-state index < -0.39 is 0 Å². The van der Waals surface area contributed by atoms with Crippen LogP contribution in [-0.2, 0) is 9.53 Å². The van der Waals surface area contributed by atoms with Crippen molar-refractivity contribution in [2.24, 2.45) is 5.92 Å². The molecule has 0 bridgehead atoms. The fourth-order valence-corrected chi connectivity index (χ4v) is 2.07. The minimum absolute atomic E-state index is 0.0277. The first kappa shape index (κ1) is 6.95. The van der Waals surface area contributed by atoms with Crippen molar-refractivity contribution in [1.82, 2.24) is 4.90 Å². The Morgan fingerprint density at radius 3 is 3.38 bits per heavy atom. The number of hydrogen-bond acceptors (Lipinski definition) is 2. The van der Waals surface area contributed by atoms with Gasteiger partial charge < -0.3 is 4.74 Å². The van der Waals surface area contributed by atoms with E-state index in [0.29, 0.717) is 0 Å². The first-order chi connectivity index (χ1) is 6.38. The third kappa shape index (κ3) is 0.763. The van der Waals surface area contributed by atoms with E-state index in [4.69, 9.17) is 4.74 Å². The molecule has 0 N–H and O–H groups in total. The number of carbonyl (C=O) groups excluding carboxylic acids is 1. The Balaban J connectivity index is 2.06. The summed E-state index contributed by atoms with van der Waals surface area (Å²) in [5.41, 5.74) is 1.09. The van der Waals surface area contributed by atoms with Crippen LogP contribution in [0.25, 0.3) is 0 Å². The zero-order valence-electron chi connectivity index (χ0n) is 7.01. The Morgan fingerprint density at radius 1 is 1.54 bits per heavy atom. The van der Waals surface area contributed by atoms with Gasteiger partial charge in [0, 0.05) is 11.8 Å². The normalized spacial score (nSPS) is 34.3. The summed E-state index contributed by atoms with van der Waals surface area (Å²) in [5.74, 6) is 0.189. The lowest BCUT2D eigenvalue weighted by Crippen LogP contribution is -2.25. The highest BCUT2D eigenvalue weighted by atomic mass is 16.5. The molecule has 2 atom stereocenters. The maximum absolute atomic E-state index is 11.7. The molecule has 3 heteroatoms. The van der Waals surface area contributed by atoms with Crippen molar-refractivity contribution < 1.29 is 9.53 Å². The summed E-state index contributed by atoms with van der Waals surface area (Å²) in [5, 5.41) is 0. The van der Waals surface area contributed by atoms with Gasteiger partial charge in [0.05, 0.1) is 5.92 Å². The summed E-state index contributed by atoms with van der Waals surface area (Å²) < 4.78 is 5.34. The molecule has 0 aromatic rings. The monoisotopic (exact) mass is 175 g/mol. The van der Waals surface area contributed by atoms with Gasteiger partial charge in [-0.3, -0.25) is 9.69 Å². The molecule has 3 nitrogen and oxygen atoms in total. The van der Waals surface area contributed by atoms with Crippen molar-refractivity contribution in [3.05, 3.63) is 36.3 Å². The van der Waals surface area contributed by atoms with Crippen LogP contribution in [0.2, 0.25) is 0 Å². The number of carbonyl (C=O) groups is 1. The maximum atomic E-state index is 11.7. The van der Waals surface area contributed by atoms with Gasteiger partial charge in [-0.1, -0.05) is 18.2 Å². The second kappa shape index (κ2) is 2.25. The molecule has 1 saturated heterocycles. The van der Waals surface area contributed by atoms with Crippen LogP contribution in [0.3, 0.4) is 0 Å². The molecule has 3 rings (SSSR count). The summed E-state index contributed by atoms with van der Waals surface area (Å²) in [6.45, 7) is 0. The molecule has 2 aliphatic heterocycles. The fraction of sp³-hybridized carbons (Fsp3) is 0.300. The number of rotatable bonds is 0. The average molecular weight is 175 g/mol. The second-order valence-corrected chi connectivity index (χ2v) is 3.40. The van der Waals surface area contributed by atoms with Crippen LogP contribution in [0.4, 0.5) is 0 Å². The molecule has 1 aliphatic carbocycles. The molecule has 0 radical (unpaired) electrons. The summed E-state index contributed by atoms with van der Waals surface area (Å²) >= 11 is 0. The van der Waals surface area contributed by atoms with Crippen LogP contribution < -0.4 is 0 Å². The molecular formula is C10H9NO2. The van der Waals surface area contributed by atoms with Gasteiger partial charge in [0.25, 0.3) is 0 Å². The minimum atomic E-state index is -0.151. The summed E-state index contributed by atoms with van der Waals surface area (Å²) in [6, 6.07) is 0. The highest BCUT2D eigenvalue weighted by Gasteiger charge is 2.45. The third-order valence-electron chi connectivity index (χ3n) is 2.72. The van der Waals surface area contributed by atoms with E-state index in [-0.39, 0.29) is 18.1 Å². The highest BCUT2D eigenvalue weighted by Crippen LogP contribution is 2.38. The molecule has 0 aromatic carbocycles. The van der Waals surface area contributed by atoms with Crippen LogP contribution in [0.15, 0.2) is 36.3 Å². The molecule has 0 spiro atoms. The molecular weight excluding hydrogens is 166 g/mol. The zero-order chi connectivity index (χ0) is 8.84. The Kier molecular flexibility index (Phi) is 1.20. The molecule has 66 valence electrons. The maximum Gasteiger partial charge on any atom is 0.237 e. The van der Waals surface area contributed by atoms with E-state index >= 15 is 0 Å². The molecule has 2 heterocycles. The Morgan fingerprint density at radius 2 is 2.46 bits per heavy atom. The standard InChI is InChI=1S/C10H9NO2/c12-9-7-3-1-2-4-8(7)10-11(9)5-6-13-10/h1-2,4-7,10H,3H2. The highest BCUT2D eigenvalue weighted by molar-refractivity contribution is 5.87. The number of nitrogens with zero attached hydrogens (tertiary/aromatic N) is 1. The van der Waals surface area contributed by atoms with Crippen molar-refractivity contribution in [2.75, 3.05) is 0 Å². The predicted octanol–water partition coefficient (Wildman–Crippen LogP) is 1.16. The van der Waals surface area contributed by atoms with E-state index in [1.54, 1.807) is 17.4 Å². The first-order valence-corrected chi connectivity index (χ1v) is 4.39. The molecule has 2 unspecified atom stereocenters. The summed E-state index contributed by atoms with van der Waals surface area (Å²) in [7, 11) is 0. The van der Waals surface area contributed by atoms with Crippen molar-refractivity contribution in [1.29, 1.82) is 0 Å². The molecule has 0 saturated carbocycles. The predicted molar refractivity (Wildman–Crippen MR) is 46.2 cm³/mol. The van der Waals surface area contributed by atoms with Crippen molar-refractivity contribution in [3.63, 3.8) is 0 Å². The number of hydrogen-bond donors (Lipinski definition) is 0. The van der Waals surface area contributed by atoms with Crippen LogP contribution >= 0.6 is 0 Å². The van der Waals surface area contributed by atoms with E-state index in [2.05, 4.69) is 0 Å². The van der Waals surface area contributed by atoms with Crippen LogP contribution in [-0.4, -0.2) is 17.0 Å². The topological polar surface area (TPSA) is 29.5 Å². The van der Waals surface area contributed by atoms with Gasteiger partial charge in [0.2, 0.25) is 12.1 Å². The molecule has 3 aliphatic rings. The quantitative estimate of drug-likeness (QED) is 0.553. The lowest BCUT2D eigenvalue weighted by atomic mass is 9.93. The molecule has 13 heavy (non-hydrogen) atoms. The van der Waals surface area contributed by atoms with Gasteiger partial charge in [-0.2, -0.15) is 0 Å². The lowest BCUT2D eigenvalue weighted by Gasteiger charge is -2.13. The van der Waals surface area contributed by atoms with Crippen LogP contribution in [0.1, 0.15) is 6.42 Å². The SMILES string of the molecule is O=C1C2CC=CC=C2C2OC=CN12. The lowest BCUT2D eigenvalue weighted by molar-refractivity contribution is -0.130. The van der Waals surface area contributed by atoms with Gasteiger partial charge in [0.1, 0.15) is 6.26 Å². The molecule has 0 aromatic heterocycles.